The van der Waals surface area contributed by atoms with Crippen LogP contribution < -0.4 is 10.6 Å². The van der Waals surface area contributed by atoms with Gasteiger partial charge in [0, 0.05) is 36.7 Å². The summed E-state index contributed by atoms with van der Waals surface area (Å²) in [5.41, 5.74) is 3.23. The summed E-state index contributed by atoms with van der Waals surface area (Å²) in [7, 11) is 0. The largest absolute Gasteiger partial charge is 0.508 e. The number of guanidine groups is 1. The average molecular weight is 510 g/mol. The van der Waals surface area contributed by atoms with Crippen LogP contribution in [0.2, 0.25) is 0 Å². The van der Waals surface area contributed by atoms with E-state index >= 15 is 0 Å². The zero-order valence-electron chi connectivity index (χ0n) is 16.5. The first-order chi connectivity index (χ1) is 13.7. The number of aromatic amines is 1. The number of rotatable bonds is 8. The number of fused-ring (bicyclic) bond motifs is 1. The molecule has 0 saturated carbocycles. The molecule has 0 aliphatic carbocycles. The number of phenolic OH excluding ortho intramolecular Hbond substituents is 1. The molecule has 4 N–H and O–H groups in total. The van der Waals surface area contributed by atoms with E-state index in [1.165, 1.54) is 11.6 Å². The van der Waals surface area contributed by atoms with Gasteiger partial charge in [0.25, 0.3) is 0 Å². The van der Waals surface area contributed by atoms with E-state index in [0.29, 0.717) is 18.8 Å². The second kappa shape index (κ2) is 11.6. The fraction of sp³-hybridized carbons (Fsp3) is 0.318. The van der Waals surface area contributed by atoms with Gasteiger partial charge in [0.1, 0.15) is 11.6 Å². The molecular formula is C22H28FIN4O. The minimum absolute atomic E-state index is 0. The maximum atomic E-state index is 13.5. The number of phenols is 1. The van der Waals surface area contributed by atoms with Gasteiger partial charge in [-0.2, -0.15) is 0 Å². The van der Waals surface area contributed by atoms with Gasteiger partial charge >= 0.3 is 0 Å². The number of halogens is 2. The highest BCUT2D eigenvalue weighted by atomic mass is 127. The molecule has 0 aliphatic heterocycles. The van der Waals surface area contributed by atoms with Crippen molar-refractivity contribution in [2.24, 2.45) is 4.99 Å². The van der Waals surface area contributed by atoms with Crippen LogP contribution in [0.25, 0.3) is 10.9 Å². The van der Waals surface area contributed by atoms with Gasteiger partial charge < -0.3 is 20.7 Å². The van der Waals surface area contributed by atoms with Crippen molar-refractivity contribution in [1.29, 1.82) is 0 Å². The van der Waals surface area contributed by atoms with Crippen molar-refractivity contribution in [3.8, 4) is 5.75 Å². The SMILES string of the molecule is CCNC(=NCCCc1ccc(O)cc1)NCCc1c[nH]c2ccc(F)cc12.I. The van der Waals surface area contributed by atoms with Crippen molar-refractivity contribution in [1.82, 2.24) is 15.6 Å². The first-order valence-corrected chi connectivity index (χ1v) is 9.71. The van der Waals surface area contributed by atoms with E-state index in [4.69, 9.17) is 0 Å². The molecule has 0 radical (unpaired) electrons. The third-order valence-corrected chi connectivity index (χ3v) is 4.59. The van der Waals surface area contributed by atoms with E-state index < -0.39 is 0 Å². The summed E-state index contributed by atoms with van der Waals surface area (Å²) in [6.07, 6.45) is 4.57. The number of aromatic nitrogens is 1. The highest BCUT2D eigenvalue weighted by Crippen LogP contribution is 2.19. The fourth-order valence-electron chi connectivity index (χ4n) is 3.15. The van der Waals surface area contributed by atoms with Gasteiger partial charge in [-0.05, 0) is 67.6 Å². The number of aryl methyl sites for hydroxylation is 1. The van der Waals surface area contributed by atoms with Crippen molar-refractivity contribution >= 4 is 40.8 Å². The van der Waals surface area contributed by atoms with Gasteiger partial charge in [-0.15, -0.1) is 24.0 Å². The van der Waals surface area contributed by atoms with Crippen LogP contribution in [-0.4, -0.2) is 35.7 Å². The number of benzene rings is 2. The molecule has 5 nitrogen and oxygen atoms in total. The van der Waals surface area contributed by atoms with Crippen molar-refractivity contribution in [2.75, 3.05) is 19.6 Å². The second-order valence-electron chi connectivity index (χ2n) is 6.71. The van der Waals surface area contributed by atoms with E-state index in [9.17, 15) is 9.50 Å². The number of hydrogen-bond acceptors (Lipinski definition) is 2. The van der Waals surface area contributed by atoms with Crippen LogP contribution in [0.1, 0.15) is 24.5 Å². The van der Waals surface area contributed by atoms with Crippen LogP contribution in [0.15, 0.2) is 53.7 Å². The van der Waals surface area contributed by atoms with E-state index in [1.807, 2.05) is 25.3 Å². The van der Waals surface area contributed by atoms with Gasteiger partial charge in [-0.1, -0.05) is 12.1 Å². The lowest BCUT2D eigenvalue weighted by atomic mass is 10.1. The summed E-state index contributed by atoms with van der Waals surface area (Å²) in [4.78, 5) is 7.80. The Morgan fingerprint density at radius 2 is 1.90 bits per heavy atom. The molecule has 3 aromatic rings. The third-order valence-electron chi connectivity index (χ3n) is 4.59. The summed E-state index contributed by atoms with van der Waals surface area (Å²) in [6.45, 7) is 4.26. The quantitative estimate of drug-likeness (QED) is 0.158. The summed E-state index contributed by atoms with van der Waals surface area (Å²) in [6, 6.07) is 12.1. The predicted molar refractivity (Wildman–Crippen MR) is 128 cm³/mol. The molecule has 0 unspecified atom stereocenters. The molecule has 0 saturated heterocycles. The number of aliphatic imine (C=N–C) groups is 1. The molecule has 0 fully saturated rings. The number of nitrogens with zero attached hydrogens (tertiary/aromatic N) is 1. The maximum Gasteiger partial charge on any atom is 0.191 e. The van der Waals surface area contributed by atoms with Crippen LogP contribution in [-0.2, 0) is 12.8 Å². The number of nitrogens with one attached hydrogen (secondary N) is 3. The second-order valence-corrected chi connectivity index (χ2v) is 6.71. The van der Waals surface area contributed by atoms with Crippen molar-refractivity contribution in [2.45, 2.75) is 26.2 Å². The smallest absolute Gasteiger partial charge is 0.191 e. The Bertz CT molecular complexity index is 924. The van der Waals surface area contributed by atoms with Crippen LogP contribution in [0.5, 0.6) is 5.75 Å². The van der Waals surface area contributed by atoms with Gasteiger partial charge in [0.15, 0.2) is 5.96 Å². The highest BCUT2D eigenvalue weighted by Gasteiger charge is 2.05. The molecular weight excluding hydrogens is 482 g/mol. The molecule has 1 aromatic heterocycles. The average Bonchev–Trinajstić information content (AvgIpc) is 3.08. The van der Waals surface area contributed by atoms with E-state index in [2.05, 4.69) is 20.6 Å². The molecule has 0 amide bonds. The lowest BCUT2D eigenvalue weighted by molar-refractivity contribution is 0.475. The maximum absolute atomic E-state index is 13.5. The third kappa shape index (κ3) is 6.92. The molecule has 0 spiro atoms. The molecule has 29 heavy (non-hydrogen) atoms. The standard InChI is InChI=1S/C22H27FN4O.HI/c1-2-24-22(25-12-3-4-16-5-8-19(28)9-6-16)26-13-11-17-15-27-21-10-7-18(23)14-20(17)21;/h5-10,14-15,27-28H,2-4,11-13H2,1H3,(H2,24,25,26);1H. The van der Waals surface area contributed by atoms with Crippen LogP contribution in [0.3, 0.4) is 0 Å². The van der Waals surface area contributed by atoms with E-state index in [1.54, 1.807) is 24.3 Å². The summed E-state index contributed by atoms with van der Waals surface area (Å²) in [5, 5.41) is 16.8. The first kappa shape index (κ1) is 23.0. The first-order valence-electron chi connectivity index (χ1n) is 9.71. The predicted octanol–water partition coefficient (Wildman–Crippen LogP) is 4.36. The van der Waals surface area contributed by atoms with E-state index in [0.717, 1.165) is 48.2 Å². The van der Waals surface area contributed by atoms with Crippen molar-refractivity contribution in [3.63, 3.8) is 0 Å². The lowest BCUT2D eigenvalue weighted by Gasteiger charge is -2.11. The van der Waals surface area contributed by atoms with Crippen molar-refractivity contribution < 1.29 is 9.50 Å². The Morgan fingerprint density at radius 3 is 2.66 bits per heavy atom. The highest BCUT2D eigenvalue weighted by molar-refractivity contribution is 14.0. The molecule has 0 atom stereocenters. The Hall–Kier alpha value is -2.29. The molecule has 0 bridgehead atoms. The molecule has 0 aliphatic rings. The van der Waals surface area contributed by atoms with Crippen LogP contribution in [0, 0.1) is 5.82 Å². The Morgan fingerprint density at radius 1 is 1.10 bits per heavy atom. The Balaban J connectivity index is 0.00000300. The van der Waals surface area contributed by atoms with Gasteiger partial charge in [-0.25, -0.2) is 4.39 Å². The van der Waals surface area contributed by atoms with Crippen molar-refractivity contribution in [3.05, 3.63) is 65.6 Å². The van der Waals surface area contributed by atoms with E-state index in [-0.39, 0.29) is 29.8 Å². The minimum Gasteiger partial charge on any atom is -0.508 e. The summed E-state index contributed by atoms with van der Waals surface area (Å²) < 4.78 is 13.5. The zero-order chi connectivity index (χ0) is 19.8. The summed E-state index contributed by atoms with van der Waals surface area (Å²) >= 11 is 0. The fourth-order valence-corrected chi connectivity index (χ4v) is 3.15. The van der Waals surface area contributed by atoms with Gasteiger partial charge in [0.2, 0.25) is 0 Å². The summed E-state index contributed by atoms with van der Waals surface area (Å²) in [5.74, 6) is 0.863. The molecule has 2 aromatic carbocycles. The Labute approximate surface area is 187 Å². The topological polar surface area (TPSA) is 72.4 Å². The zero-order valence-corrected chi connectivity index (χ0v) is 18.9. The van der Waals surface area contributed by atoms with Gasteiger partial charge in [-0.3, -0.25) is 4.99 Å². The number of H-pyrrole nitrogens is 1. The van der Waals surface area contributed by atoms with Crippen LogP contribution in [0.4, 0.5) is 4.39 Å². The number of aromatic hydroxyl groups is 1. The lowest BCUT2D eigenvalue weighted by Crippen LogP contribution is -2.38. The van der Waals surface area contributed by atoms with Crippen LogP contribution >= 0.6 is 24.0 Å². The molecule has 156 valence electrons. The Kier molecular flexibility index (Phi) is 9.24. The monoisotopic (exact) mass is 510 g/mol. The molecule has 3 rings (SSSR count). The minimum atomic E-state index is -0.218. The normalized spacial score (nSPS) is 11.3. The number of hydrogen-bond donors (Lipinski definition) is 4. The molecule has 7 heteroatoms. The van der Waals surface area contributed by atoms with Gasteiger partial charge in [0.05, 0.1) is 0 Å². The molecule has 1 heterocycles.